The highest BCUT2D eigenvalue weighted by Crippen LogP contribution is 2.22. The minimum Gasteiger partial charge on any atom is -0.443 e. The Labute approximate surface area is 161 Å². The van der Waals surface area contributed by atoms with Gasteiger partial charge in [-0.1, -0.05) is 5.92 Å². The molecule has 0 bridgehead atoms. The fourth-order valence-corrected chi connectivity index (χ4v) is 3.02. The number of hydrogen-bond donors (Lipinski definition) is 2. The van der Waals surface area contributed by atoms with Crippen LogP contribution in [0.4, 0.5) is 0 Å². The number of pyridine rings is 1. The van der Waals surface area contributed by atoms with E-state index in [-0.39, 0.29) is 11.7 Å². The SMILES string of the molecule is CC(C)(O)C#Cc1ccc(C(=O)NCCc2csc(-c3cccnc3)n2)o1. The summed E-state index contributed by atoms with van der Waals surface area (Å²) in [6.07, 6.45) is 4.12. The second-order valence-corrected chi connectivity index (χ2v) is 7.22. The molecule has 1 amide bonds. The zero-order valence-corrected chi connectivity index (χ0v) is 15.8. The minimum atomic E-state index is -1.11. The topological polar surface area (TPSA) is 88.2 Å². The molecular weight excluding hydrogens is 362 g/mol. The van der Waals surface area contributed by atoms with E-state index >= 15 is 0 Å². The Balaban J connectivity index is 1.52. The van der Waals surface area contributed by atoms with Crippen LogP contribution in [0.1, 0.15) is 35.9 Å². The lowest BCUT2D eigenvalue weighted by Crippen LogP contribution is -2.25. The van der Waals surface area contributed by atoms with Gasteiger partial charge in [0.15, 0.2) is 11.5 Å². The Bertz CT molecular complexity index is 975. The Morgan fingerprint density at radius 1 is 1.37 bits per heavy atom. The van der Waals surface area contributed by atoms with Crippen LogP contribution in [0.5, 0.6) is 0 Å². The number of amides is 1. The lowest BCUT2D eigenvalue weighted by atomic mass is 10.1. The molecule has 0 atom stereocenters. The molecule has 7 heteroatoms. The summed E-state index contributed by atoms with van der Waals surface area (Å²) in [6.45, 7) is 3.60. The van der Waals surface area contributed by atoms with Crippen molar-refractivity contribution in [3.8, 4) is 22.4 Å². The van der Waals surface area contributed by atoms with Crippen molar-refractivity contribution in [1.82, 2.24) is 15.3 Å². The average Bonchev–Trinajstić information content (AvgIpc) is 3.30. The first-order chi connectivity index (χ1) is 12.9. The van der Waals surface area contributed by atoms with Gasteiger partial charge in [-0.05, 0) is 44.0 Å². The quantitative estimate of drug-likeness (QED) is 0.664. The standard InChI is InChI=1S/C20H19N3O3S/c1-20(2,25)9-7-16-5-6-17(26-16)18(24)22-11-8-15-13-27-19(23-15)14-4-3-10-21-12-14/h3-6,10,12-13,25H,8,11H2,1-2H3,(H,22,24). The molecule has 6 nitrogen and oxygen atoms in total. The molecule has 3 heterocycles. The summed E-state index contributed by atoms with van der Waals surface area (Å²) in [6, 6.07) is 7.01. The van der Waals surface area contributed by atoms with Crippen LogP contribution in [0.15, 0.2) is 46.5 Å². The van der Waals surface area contributed by atoms with E-state index < -0.39 is 5.60 Å². The molecule has 0 aliphatic rings. The largest absolute Gasteiger partial charge is 0.443 e. The first-order valence-electron chi connectivity index (χ1n) is 8.39. The van der Waals surface area contributed by atoms with Gasteiger partial charge >= 0.3 is 0 Å². The lowest BCUT2D eigenvalue weighted by Gasteiger charge is -2.05. The van der Waals surface area contributed by atoms with Gasteiger partial charge in [0.25, 0.3) is 5.91 Å². The molecule has 0 radical (unpaired) electrons. The summed E-state index contributed by atoms with van der Waals surface area (Å²) in [5.74, 6) is 5.55. The zero-order valence-electron chi connectivity index (χ0n) is 15.0. The van der Waals surface area contributed by atoms with E-state index in [1.807, 2.05) is 17.5 Å². The maximum Gasteiger partial charge on any atom is 0.287 e. The minimum absolute atomic E-state index is 0.185. The van der Waals surface area contributed by atoms with Gasteiger partial charge in [-0.15, -0.1) is 11.3 Å². The molecule has 3 aromatic rings. The van der Waals surface area contributed by atoms with E-state index in [0.29, 0.717) is 18.7 Å². The van der Waals surface area contributed by atoms with Crippen LogP contribution in [0.3, 0.4) is 0 Å². The number of nitrogens with zero attached hydrogens (tertiary/aromatic N) is 2. The molecule has 3 rings (SSSR count). The van der Waals surface area contributed by atoms with E-state index in [0.717, 1.165) is 16.3 Å². The third-order valence-corrected chi connectivity index (χ3v) is 4.39. The fraction of sp³-hybridized carbons (Fsp3) is 0.250. The average molecular weight is 381 g/mol. The van der Waals surface area contributed by atoms with E-state index in [4.69, 9.17) is 4.42 Å². The molecule has 0 aliphatic carbocycles. The molecule has 0 saturated carbocycles. The summed E-state index contributed by atoms with van der Waals surface area (Å²) in [5, 5.41) is 15.3. The van der Waals surface area contributed by atoms with Gasteiger partial charge in [0.05, 0.1) is 5.69 Å². The van der Waals surface area contributed by atoms with Crippen LogP contribution in [-0.2, 0) is 6.42 Å². The van der Waals surface area contributed by atoms with Gasteiger partial charge in [-0.25, -0.2) is 4.98 Å². The number of aliphatic hydroxyl groups is 1. The van der Waals surface area contributed by atoms with Crippen molar-refractivity contribution < 1.29 is 14.3 Å². The summed E-state index contributed by atoms with van der Waals surface area (Å²) >= 11 is 1.55. The van der Waals surface area contributed by atoms with E-state index in [1.165, 1.54) is 0 Å². The van der Waals surface area contributed by atoms with E-state index in [9.17, 15) is 9.90 Å². The lowest BCUT2D eigenvalue weighted by molar-refractivity contribution is 0.0926. The predicted molar refractivity (Wildman–Crippen MR) is 103 cm³/mol. The molecular formula is C20H19N3O3S. The monoisotopic (exact) mass is 381 g/mol. The van der Waals surface area contributed by atoms with Crippen LogP contribution >= 0.6 is 11.3 Å². The second-order valence-electron chi connectivity index (χ2n) is 6.36. The number of aromatic nitrogens is 2. The third kappa shape index (κ3) is 5.51. The van der Waals surface area contributed by atoms with Crippen molar-refractivity contribution in [1.29, 1.82) is 0 Å². The maximum absolute atomic E-state index is 12.1. The maximum atomic E-state index is 12.1. The summed E-state index contributed by atoms with van der Waals surface area (Å²) in [4.78, 5) is 20.8. The molecule has 0 fully saturated rings. The first-order valence-corrected chi connectivity index (χ1v) is 9.27. The zero-order chi connectivity index (χ0) is 19.3. The van der Waals surface area contributed by atoms with E-state index in [2.05, 4.69) is 27.1 Å². The normalized spacial score (nSPS) is 10.9. The van der Waals surface area contributed by atoms with Crippen LogP contribution in [0.25, 0.3) is 10.6 Å². The van der Waals surface area contributed by atoms with Gasteiger partial charge < -0.3 is 14.8 Å². The summed E-state index contributed by atoms with van der Waals surface area (Å²) < 4.78 is 5.39. The number of carbonyl (C=O) groups excluding carboxylic acids is 1. The molecule has 138 valence electrons. The van der Waals surface area contributed by atoms with Crippen molar-refractivity contribution in [3.05, 3.63) is 59.3 Å². The van der Waals surface area contributed by atoms with E-state index in [1.54, 1.807) is 49.7 Å². The predicted octanol–water partition coefficient (Wildman–Crippen LogP) is 2.89. The molecule has 0 aliphatic heterocycles. The Hall–Kier alpha value is -2.95. The number of rotatable bonds is 5. The molecule has 3 aromatic heterocycles. The molecule has 2 N–H and O–H groups in total. The summed E-state index contributed by atoms with van der Waals surface area (Å²) in [7, 11) is 0. The molecule has 27 heavy (non-hydrogen) atoms. The van der Waals surface area contributed by atoms with Gasteiger partial charge in [0, 0.05) is 36.3 Å². The molecule has 0 unspecified atom stereocenters. The van der Waals surface area contributed by atoms with Crippen molar-refractivity contribution in [2.75, 3.05) is 6.54 Å². The second kappa shape index (κ2) is 8.16. The van der Waals surface area contributed by atoms with Gasteiger partial charge in [-0.3, -0.25) is 9.78 Å². The Morgan fingerprint density at radius 3 is 2.96 bits per heavy atom. The fourth-order valence-electron chi connectivity index (χ4n) is 2.18. The smallest absolute Gasteiger partial charge is 0.287 e. The number of nitrogens with one attached hydrogen (secondary N) is 1. The molecule has 0 spiro atoms. The highest BCUT2D eigenvalue weighted by Gasteiger charge is 2.12. The number of carbonyl (C=O) groups is 1. The highest BCUT2D eigenvalue weighted by atomic mass is 32.1. The Morgan fingerprint density at radius 2 is 2.22 bits per heavy atom. The van der Waals surface area contributed by atoms with Crippen LogP contribution in [-0.4, -0.2) is 33.1 Å². The van der Waals surface area contributed by atoms with Crippen molar-refractivity contribution >= 4 is 17.2 Å². The van der Waals surface area contributed by atoms with Crippen LogP contribution in [0.2, 0.25) is 0 Å². The molecule has 0 saturated heterocycles. The van der Waals surface area contributed by atoms with Crippen molar-refractivity contribution in [2.24, 2.45) is 0 Å². The Kier molecular flexibility index (Phi) is 5.69. The molecule has 0 aromatic carbocycles. The van der Waals surface area contributed by atoms with Crippen molar-refractivity contribution in [3.63, 3.8) is 0 Å². The van der Waals surface area contributed by atoms with Crippen molar-refractivity contribution in [2.45, 2.75) is 25.9 Å². The third-order valence-electron chi connectivity index (χ3n) is 3.45. The highest BCUT2D eigenvalue weighted by molar-refractivity contribution is 7.13. The first kappa shape index (κ1) is 18.8. The van der Waals surface area contributed by atoms with Crippen LogP contribution in [0, 0.1) is 11.8 Å². The van der Waals surface area contributed by atoms with Crippen LogP contribution < -0.4 is 5.32 Å². The van der Waals surface area contributed by atoms with Gasteiger partial charge in [0.1, 0.15) is 10.6 Å². The number of hydrogen-bond acceptors (Lipinski definition) is 6. The van der Waals surface area contributed by atoms with Gasteiger partial charge in [-0.2, -0.15) is 0 Å². The number of thiazole rings is 1. The number of furan rings is 1. The van der Waals surface area contributed by atoms with Gasteiger partial charge in [0.2, 0.25) is 0 Å². The summed E-state index contributed by atoms with van der Waals surface area (Å²) in [5.41, 5.74) is 0.778.